The fourth-order valence-corrected chi connectivity index (χ4v) is 10.4. The number of allylic oxidation sites excluding steroid dienone is 2. The Balaban J connectivity index is 1.62. The summed E-state index contributed by atoms with van der Waals surface area (Å²) in [7, 11) is 1.50. The largest absolute Gasteiger partial charge is 0.469 e. The summed E-state index contributed by atoms with van der Waals surface area (Å²) >= 11 is 0. The summed E-state index contributed by atoms with van der Waals surface area (Å²) in [5.41, 5.74) is 0.244. The second kappa shape index (κ2) is 7.32. The first-order valence-electron chi connectivity index (χ1n) is 14.0. The van der Waals surface area contributed by atoms with Crippen molar-refractivity contribution in [1.82, 2.24) is 0 Å². The number of esters is 1. The summed E-state index contributed by atoms with van der Waals surface area (Å²) in [5.74, 6) is 0.980. The van der Waals surface area contributed by atoms with Gasteiger partial charge in [-0.1, -0.05) is 47.1 Å². The quantitative estimate of drug-likeness (QED) is 0.390. The van der Waals surface area contributed by atoms with Crippen LogP contribution in [0, 0.1) is 50.2 Å². The lowest BCUT2D eigenvalue weighted by Gasteiger charge is -2.69. The van der Waals surface area contributed by atoms with Crippen LogP contribution in [0.2, 0.25) is 0 Å². The highest BCUT2D eigenvalue weighted by molar-refractivity contribution is 5.96. The first-order valence-corrected chi connectivity index (χ1v) is 14.0. The van der Waals surface area contributed by atoms with Gasteiger partial charge in [-0.25, -0.2) is 0 Å². The molecule has 4 saturated carbocycles. The van der Waals surface area contributed by atoms with Crippen molar-refractivity contribution in [2.75, 3.05) is 7.11 Å². The van der Waals surface area contributed by atoms with Crippen molar-refractivity contribution in [3.05, 3.63) is 11.6 Å². The molecule has 0 aromatic carbocycles. The molecule has 0 spiro atoms. The highest BCUT2D eigenvalue weighted by atomic mass is 16.5. The van der Waals surface area contributed by atoms with Crippen molar-refractivity contribution in [3.63, 3.8) is 0 Å². The second-order valence-corrected chi connectivity index (χ2v) is 14.9. The zero-order valence-electron chi connectivity index (χ0n) is 23.3. The molecule has 0 bridgehead atoms. The lowest BCUT2D eigenvalue weighted by atomic mass is 9.33. The van der Waals surface area contributed by atoms with Crippen molar-refractivity contribution in [1.29, 1.82) is 0 Å². The van der Waals surface area contributed by atoms with Crippen LogP contribution in [0.5, 0.6) is 0 Å². The van der Waals surface area contributed by atoms with Crippen LogP contribution in [0.3, 0.4) is 0 Å². The van der Waals surface area contributed by atoms with Gasteiger partial charge < -0.3 is 4.74 Å². The van der Waals surface area contributed by atoms with E-state index in [1.54, 1.807) is 0 Å². The maximum atomic E-state index is 14.3. The predicted octanol–water partition coefficient (Wildman–Crippen LogP) is 6.71. The summed E-state index contributed by atoms with van der Waals surface area (Å²) in [6.07, 6.45) is 10.3. The Labute approximate surface area is 212 Å². The van der Waals surface area contributed by atoms with Crippen molar-refractivity contribution < 1.29 is 19.1 Å². The van der Waals surface area contributed by atoms with Crippen molar-refractivity contribution in [2.24, 2.45) is 50.2 Å². The minimum atomic E-state index is -0.490. The van der Waals surface area contributed by atoms with E-state index in [1.165, 1.54) is 12.7 Å². The zero-order chi connectivity index (χ0) is 25.8. The molecule has 0 radical (unpaired) electrons. The number of carbonyl (C=O) groups excluding carboxylic acids is 3. The number of rotatable bonds is 1. The standard InChI is InChI=1S/C31H46O4/c1-26(2)22-9-12-31(7)24(29(22,5)11-10-23(26)33)21(32)17-19-20-18-28(4,25(34)35-8)14-13-27(20,3)15-16-30(19,31)6/h17,20,22,24H,9-16,18H2,1-8H3/t20-,22-,24+,27-,28+,29-,30-,31-/m0/s1. The van der Waals surface area contributed by atoms with Gasteiger partial charge in [0.2, 0.25) is 0 Å². The molecule has 0 saturated heterocycles. The molecule has 0 amide bonds. The van der Waals surface area contributed by atoms with E-state index in [0.29, 0.717) is 12.2 Å². The molecule has 0 unspecified atom stereocenters. The minimum Gasteiger partial charge on any atom is -0.469 e. The first kappa shape index (κ1) is 25.2. The van der Waals surface area contributed by atoms with E-state index in [-0.39, 0.29) is 56.6 Å². The summed E-state index contributed by atoms with van der Waals surface area (Å²) in [4.78, 5) is 40.0. The number of ketones is 2. The van der Waals surface area contributed by atoms with E-state index in [2.05, 4.69) is 54.5 Å². The molecule has 0 aromatic rings. The molecule has 194 valence electrons. The van der Waals surface area contributed by atoms with Crippen LogP contribution in [-0.2, 0) is 19.1 Å². The Bertz CT molecular complexity index is 1020. The van der Waals surface area contributed by atoms with E-state index >= 15 is 0 Å². The first-order chi connectivity index (χ1) is 16.1. The van der Waals surface area contributed by atoms with Gasteiger partial charge in [-0.15, -0.1) is 0 Å². The van der Waals surface area contributed by atoms with Gasteiger partial charge in [0.05, 0.1) is 12.5 Å². The molecule has 5 aliphatic carbocycles. The molecule has 5 aliphatic rings. The molecule has 0 aliphatic heterocycles. The maximum Gasteiger partial charge on any atom is 0.311 e. The Morgan fingerprint density at radius 2 is 1.57 bits per heavy atom. The lowest BCUT2D eigenvalue weighted by Crippen LogP contribution is -2.66. The van der Waals surface area contributed by atoms with Crippen LogP contribution in [0.15, 0.2) is 11.6 Å². The van der Waals surface area contributed by atoms with Crippen molar-refractivity contribution in [3.8, 4) is 0 Å². The van der Waals surface area contributed by atoms with Gasteiger partial charge >= 0.3 is 5.97 Å². The van der Waals surface area contributed by atoms with Gasteiger partial charge in [-0.3, -0.25) is 14.4 Å². The summed E-state index contributed by atoms with van der Waals surface area (Å²) in [6.45, 7) is 15.9. The Hall–Kier alpha value is -1.45. The van der Waals surface area contributed by atoms with Gasteiger partial charge in [-0.2, -0.15) is 0 Å². The topological polar surface area (TPSA) is 60.4 Å². The van der Waals surface area contributed by atoms with Crippen LogP contribution in [0.25, 0.3) is 0 Å². The van der Waals surface area contributed by atoms with E-state index in [1.807, 2.05) is 0 Å². The normalized spacial score (nSPS) is 50.7. The smallest absolute Gasteiger partial charge is 0.311 e. The van der Waals surface area contributed by atoms with Gasteiger partial charge in [0.25, 0.3) is 0 Å². The van der Waals surface area contributed by atoms with Crippen LogP contribution in [0.4, 0.5) is 0 Å². The zero-order valence-corrected chi connectivity index (χ0v) is 23.3. The SMILES string of the molecule is COC(=O)[C@]1(C)CC[C@@]2(C)CC[C@@]3(C)C(=CC(=O)[C@@H]4[C@@]5(C)CCC(=O)C(C)(C)[C@@H]5CC[C@@]43C)[C@@H]2C1. The summed E-state index contributed by atoms with van der Waals surface area (Å²) in [5, 5.41) is 0. The third-order valence-corrected chi connectivity index (χ3v) is 13.0. The van der Waals surface area contributed by atoms with E-state index < -0.39 is 5.41 Å². The highest BCUT2D eigenvalue weighted by Gasteiger charge is 2.70. The average molecular weight is 483 g/mol. The van der Waals surface area contributed by atoms with Gasteiger partial charge in [0.15, 0.2) is 5.78 Å². The molecular weight excluding hydrogens is 436 g/mol. The third-order valence-electron chi connectivity index (χ3n) is 13.0. The van der Waals surface area contributed by atoms with E-state index in [0.717, 1.165) is 51.4 Å². The van der Waals surface area contributed by atoms with E-state index in [9.17, 15) is 14.4 Å². The van der Waals surface area contributed by atoms with Gasteiger partial charge in [-0.05, 0) is 97.9 Å². The highest BCUT2D eigenvalue weighted by Crippen LogP contribution is 2.74. The Kier molecular flexibility index (Phi) is 5.27. The van der Waals surface area contributed by atoms with Crippen LogP contribution in [-0.4, -0.2) is 24.6 Å². The number of Topliss-reactive ketones (excluding diaryl/α,β-unsaturated/α-hetero) is 1. The number of hydrogen-bond donors (Lipinski definition) is 0. The molecule has 0 N–H and O–H groups in total. The molecule has 4 nitrogen and oxygen atoms in total. The Morgan fingerprint density at radius 1 is 0.914 bits per heavy atom. The maximum absolute atomic E-state index is 14.3. The minimum absolute atomic E-state index is 0.0465. The molecule has 5 rings (SSSR count). The number of ether oxygens (including phenoxy) is 1. The van der Waals surface area contributed by atoms with Crippen LogP contribution < -0.4 is 0 Å². The second-order valence-electron chi connectivity index (χ2n) is 14.9. The monoisotopic (exact) mass is 482 g/mol. The fourth-order valence-electron chi connectivity index (χ4n) is 10.4. The molecule has 4 fully saturated rings. The van der Waals surface area contributed by atoms with Gasteiger partial charge in [0, 0.05) is 17.8 Å². The van der Waals surface area contributed by atoms with Crippen molar-refractivity contribution >= 4 is 17.5 Å². The van der Waals surface area contributed by atoms with E-state index in [4.69, 9.17) is 4.74 Å². The molecule has 0 heterocycles. The molecule has 0 aromatic heterocycles. The summed E-state index contributed by atoms with van der Waals surface area (Å²) in [6, 6.07) is 0. The molecule has 4 heteroatoms. The Morgan fingerprint density at radius 3 is 2.23 bits per heavy atom. The molecule has 8 atom stereocenters. The fraction of sp³-hybridized carbons (Fsp3) is 0.839. The van der Waals surface area contributed by atoms with Crippen LogP contribution >= 0.6 is 0 Å². The third kappa shape index (κ3) is 3.00. The van der Waals surface area contributed by atoms with Gasteiger partial charge in [0.1, 0.15) is 5.78 Å². The molecule has 35 heavy (non-hydrogen) atoms. The number of methoxy groups -OCH3 is 1. The number of hydrogen-bond acceptors (Lipinski definition) is 4. The number of carbonyl (C=O) groups is 3. The van der Waals surface area contributed by atoms with Crippen LogP contribution in [0.1, 0.15) is 106 Å². The lowest BCUT2D eigenvalue weighted by molar-refractivity contribution is -0.188. The molecular formula is C31H46O4. The number of fused-ring (bicyclic) bond motifs is 7. The average Bonchev–Trinajstić information content (AvgIpc) is 2.78. The predicted molar refractivity (Wildman–Crippen MR) is 136 cm³/mol. The van der Waals surface area contributed by atoms with Crippen molar-refractivity contribution in [2.45, 2.75) is 106 Å². The summed E-state index contributed by atoms with van der Waals surface area (Å²) < 4.78 is 5.24.